The zero-order valence-electron chi connectivity index (χ0n) is 10.1. The van der Waals surface area contributed by atoms with E-state index in [2.05, 4.69) is 0 Å². The molecule has 0 fully saturated rings. The van der Waals surface area contributed by atoms with Gasteiger partial charge >= 0.3 is 5.97 Å². The Labute approximate surface area is 111 Å². The molecule has 0 unspecified atom stereocenters. The van der Waals surface area contributed by atoms with E-state index in [1.54, 1.807) is 31.2 Å². The van der Waals surface area contributed by atoms with Gasteiger partial charge in [-0.25, -0.2) is 0 Å². The molecule has 1 aromatic rings. The molecular weight excluding hydrogens is 256 g/mol. The van der Waals surface area contributed by atoms with E-state index in [0.717, 1.165) is 5.56 Å². The third-order valence-corrected chi connectivity index (χ3v) is 2.30. The van der Waals surface area contributed by atoms with Crippen LogP contribution in [-0.2, 0) is 20.7 Å². The van der Waals surface area contributed by atoms with Crippen LogP contribution in [0.4, 0.5) is 0 Å². The van der Waals surface area contributed by atoms with E-state index < -0.39 is 5.97 Å². The van der Waals surface area contributed by atoms with Crippen molar-refractivity contribution in [3.63, 3.8) is 0 Å². The summed E-state index contributed by atoms with van der Waals surface area (Å²) in [6, 6.07) is 7.09. The predicted octanol–water partition coefficient (Wildman–Crippen LogP) is 2.33. The maximum absolute atomic E-state index is 11.6. The fraction of sp³-hybridized carbons (Fsp3) is 0.385. The Hall–Kier alpha value is -1.55. The molecule has 0 aliphatic heterocycles. The quantitative estimate of drug-likeness (QED) is 0.433. The highest BCUT2D eigenvalue weighted by molar-refractivity contribution is 6.17. The molecule has 0 aliphatic rings. The van der Waals surface area contributed by atoms with Crippen molar-refractivity contribution in [1.82, 2.24) is 0 Å². The van der Waals surface area contributed by atoms with E-state index in [0.29, 0.717) is 5.75 Å². The summed E-state index contributed by atoms with van der Waals surface area (Å²) >= 11 is 5.42. The lowest BCUT2D eigenvalue weighted by molar-refractivity contribution is -0.145. The fourth-order valence-corrected chi connectivity index (χ4v) is 1.56. The van der Waals surface area contributed by atoms with Crippen molar-refractivity contribution in [2.45, 2.75) is 19.8 Å². The Bertz CT molecular complexity index is 400. The molecule has 0 aliphatic carbocycles. The largest absolute Gasteiger partial charge is 0.478 e. The monoisotopic (exact) mass is 270 g/mol. The Morgan fingerprint density at radius 3 is 2.44 bits per heavy atom. The molecule has 4 nitrogen and oxygen atoms in total. The van der Waals surface area contributed by atoms with E-state index in [9.17, 15) is 9.59 Å². The van der Waals surface area contributed by atoms with E-state index in [-0.39, 0.29) is 31.3 Å². The molecule has 0 spiro atoms. The molecule has 1 aromatic carbocycles. The Morgan fingerprint density at radius 1 is 1.22 bits per heavy atom. The molecule has 0 N–H and O–H groups in total. The molecule has 5 heteroatoms. The molecule has 0 atom stereocenters. The van der Waals surface area contributed by atoms with Crippen LogP contribution in [0.2, 0.25) is 0 Å². The van der Waals surface area contributed by atoms with Crippen molar-refractivity contribution in [3.8, 4) is 5.75 Å². The SMILES string of the molecule is CCOC(=O)CC(=O)Cc1ccc(OCCl)cc1. The maximum Gasteiger partial charge on any atom is 0.313 e. The second-order valence-corrected chi connectivity index (χ2v) is 3.81. The number of Topliss-reactive ketones (excluding diaryl/α,β-unsaturated/α-hetero) is 1. The van der Waals surface area contributed by atoms with Crippen molar-refractivity contribution in [1.29, 1.82) is 0 Å². The van der Waals surface area contributed by atoms with Crippen LogP contribution >= 0.6 is 11.6 Å². The minimum absolute atomic E-state index is 0.0845. The maximum atomic E-state index is 11.6. The van der Waals surface area contributed by atoms with Gasteiger partial charge in [0.1, 0.15) is 18.0 Å². The Kier molecular flexibility index (Phi) is 6.22. The molecule has 1 rings (SSSR count). The van der Waals surface area contributed by atoms with E-state index in [4.69, 9.17) is 21.1 Å². The van der Waals surface area contributed by atoms with Crippen LogP contribution in [0.1, 0.15) is 18.9 Å². The molecule has 0 heterocycles. The number of ketones is 1. The predicted molar refractivity (Wildman–Crippen MR) is 67.8 cm³/mol. The van der Waals surface area contributed by atoms with Crippen molar-refractivity contribution < 1.29 is 19.1 Å². The number of rotatable bonds is 7. The van der Waals surface area contributed by atoms with Crippen LogP contribution in [0.3, 0.4) is 0 Å². The van der Waals surface area contributed by atoms with Gasteiger partial charge in [0.2, 0.25) is 0 Å². The number of esters is 1. The van der Waals surface area contributed by atoms with Gasteiger partial charge in [0.15, 0.2) is 6.07 Å². The van der Waals surface area contributed by atoms with E-state index in [1.165, 1.54) is 0 Å². The molecule has 0 saturated heterocycles. The number of ether oxygens (including phenoxy) is 2. The van der Waals surface area contributed by atoms with Crippen LogP contribution in [-0.4, -0.2) is 24.4 Å². The van der Waals surface area contributed by atoms with Gasteiger partial charge in [-0.1, -0.05) is 23.7 Å². The molecule has 0 saturated carbocycles. The van der Waals surface area contributed by atoms with Crippen molar-refractivity contribution in [3.05, 3.63) is 29.8 Å². The van der Waals surface area contributed by atoms with Gasteiger partial charge < -0.3 is 9.47 Å². The summed E-state index contributed by atoms with van der Waals surface area (Å²) in [6.45, 7) is 1.99. The molecule has 0 amide bonds. The second kappa shape index (κ2) is 7.71. The normalized spacial score (nSPS) is 9.89. The number of benzene rings is 1. The van der Waals surface area contributed by atoms with Gasteiger partial charge in [0.05, 0.1) is 6.61 Å². The molecule has 18 heavy (non-hydrogen) atoms. The summed E-state index contributed by atoms with van der Waals surface area (Å²) in [4.78, 5) is 22.7. The van der Waals surface area contributed by atoms with Gasteiger partial charge in [-0.2, -0.15) is 0 Å². The van der Waals surface area contributed by atoms with Gasteiger partial charge in [-0.05, 0) is 24.6 Å². The fourth-order valence-electron chi connectivity index (χ4n) is 1.43. The summed E-state index contributed by atoms with van der Waals surface area (Å²) in [6.07, 6.45) is 0.0216. The first-order valence-corrected chi connectivity index (χ1v) is 6.14. The lowest BCUT2D eigenvalue weighted by Crippen LogP contribution is -2.12. The van der Waals surface area contributed by atoms with Crippen LogP contribution in [0, 0.1) is 0 Å². The van der Waals surface area contributed by atoms with Crippen LogP contribution in [0.15, 0.2) is 24.3 Å². The molecule has 0 aromatic heterocycles. The number of halogens is 1. The number of hydrogen-bond donors (Lipinski definition) is 0. The molecule has 98 valence electrons. The van der Waals surface area contributed by atoms with E-state index in [1.807, 2.05) is 0 Å². The first kappa shape index (κ1) is 14.5. The van der Waals surface area contributed by atoms with Gasteiger partial charge in [-0.15, -0.1) is 0 Å². The van der Waals surface area contributed by atoms with Crippen molar-refractivity contribution in [2.24, 2.45) is 0 Å². The molecule has 0 bridgehead atoms. The van der Waals surface area contributed by atoms with E-state index >= 15 is 0 Å². The smallest absolute Gasteiger partial charge is 0.313 e. The number of alkyl halides is 1. The molecular formula is C13H15ClO4. The summed E-state index contributed by atoms with van der Waals surface area (Å²) in [5, 5.41) is 0. The topological polar surface area (TPSA) is 52.6 Å². The second-order valence-electron chi connectivity index (χ2n) is 3.59. The average molecular weight is 271 g/mol. The van der Waals surface area contributed by atoms with Crippen molar-refractivity contribution in [2.75, 3.05) is 12.7 Å². The number of carbonyl (C=O) groups excluding carboxylic acids is 2. The van der Waals surface area contributed by atoms with Gasteiger partial charge in [0.25, 0.3) is 0 Å². The zero-order valence-corrected chi connectivity index (χ0v) is 10.9. The lowest BCUT2D eigenvalue weighted by atomic mass is 10.1. The van der Waals surface area contributed by atoms with Crippen LogP contribution < -0.4 is 4.74 Å². The number of hydrogen-bond acceptors (Lipinski definition) is 4. The summed E-state index contributed by atoms with van der Waals surface area (Å²) in [7, 11) is 0. The highest BCUT2D eigenvalue weighted by Gasteiger charge is 2.10. The third kappa shape index (κ3) is 5.19. The minimum atomic E-state index is -0.482. The summed E-state index contributed by atoms with van der Waals surface area (Å²) in [5.74, 6) is -0.00403. The standard InChI is InChI=1S/C13H15ClO4/c1-2-17-13(16)8-11(15)7-10-3-5-12(6-4-10)18-9-14/h3-6H,2,7-9H2,1H3. The first-order chi connectivity index (χ1) is 8.65. The number of carbonyl (C=O) groups is 2. The molecule has 0 radical (unpaired) electrons. The van der Waals surface area contributed by atoms with Crippen LogP contribution in [0.25, 0.3) is 0 Å². The van der Waals surface area contributed by atoms with Crippen molar-refractivity contribution >= 4 is 23.4 Å². The minimum Gasteiger partial charge on any atom is -0.478 e. The highest BCUT2D eigenvalue weighted by Crippen LogP contribution is 2.13. The van der Waals surface area contributed by atoms with Gasteiger partial charge in [0, 0.05) is 6.42 Å². The van der Waals surface area contributed by atoms with Crippen LogP contribution in [0.5, 0.6) is 5.75 Å². The van der Waals surface area contributed by atoms with Gasteiger partial charge in [-0.3, -0.25) is 9.59 Å². The summed E-state index contributed by atoms with van der Waals surface area (Å²) in [5.41, 5.74) is 0.825. The Balaban J connectivity index is 2.46. The highest BCUT2D eigenvalue weighted by atomic mass is 35.5. The lowest BCUT2D eigenvalue weighted by Gasteiger charge is -2.04. The first-order valence-electron chi connectivity index (χ1n) is 5.60. The third-order valence-electron chi connectivity index (χ3n) is 2.19. The average Bonchev–Trinajstić information content (AvgIpc) is 2.32. The Morgan fingerprint density at radius 2 is 1.89 bits per heavy atom. The summed E-state index contributed by atoms with van der Waals surface area (Å²) < 4.78 is 9.78. The zero-order chi connectivity index (χ0) is 13.4.